The van der Waals surface area contributed by atoms with E-state index in [2.05, 4.69) is 4.90 Å². The molecule has 0 aromatic carbocycles. The molecule has 0 heterocycles. The van der Waals surface area contributed by atoms with Crippen LogP contribution in [0.4, 0.5) is 0 Å². The van der Waals surface area contributed by atoms with Crippen LogP contribution in [0.3, 0.4) is 0 Å². The van der Waals surface area contributed by atoms with E-state index in [0.29, 0.717) is 25.4 Å². The molecular formula is C11H25ClN2O2S. The zero-order valence-corrected chi connectivity index (χ0v) is 12.7. The number of alkyl halides is 1. The van der Waals surface area contributed by atoms with Gasteiger partial charge in [-0.3, -0.25) is 0 Å². The van der Waals surface area contributed by atoms with Crippen LogP contribution in [0.2, 0.25) is 0 Å². The Balaban J connectivity index is 4.13. The van der Waals surface area contributed by atoms with Crippen LogP contribution in [0.25, 0.3) is 0 Å². The Hall–Kier alpha value is 0.160. The number of sulfonamides is 1. The van der Waals surface area contributed by atoms with Crippen LogP contribution >= 0.6 is 11.6 Å². The fourth-order valence-corrected chi connectivity index (χ4v) is 3.38. The van der Waals surface area contributed by atoms with Crippen molar-refractivity contribution >= 4 is 21.6 Å². The minimum absolute atomic E-state index is 0.218. The Morgan fingerprint density at radius 1 is 1.06 bits per heavy atom. The van der Waals surface area contributed by atoms with E-state index < -0.39 is 10.0 Å². The van der Waals surface area contributed by atoms with Crippen LogP contribution in [-0.4, -0.2) is 63.0 Å². The van der Waals surface area contributed by atoms with E-state index in [-0.39, 0.29) is 5.75 Å². The summed E-state index contributed by atoms with van der Waals surface area (Å²) in [5.41, 5.74) is 0. The average molecular weight is 285 g/mol. The number of hydrogen-bond donors (Lipinski definition) is 0. The number of hydrogen-bond acceptors (Lipinski definition) is 3. The summed E-state index contributed by atoms with van der Waals surface area (Å²) < 4.78 is 25.5. The molecule has 0 bridgehead atoms. The molecule has 0 rings (SSSR count). The molecular weight excluding hydrogens is 260 g/mol. The van der Waals surface area contributed by atoms with Crippen LogP contribution < -0.4 is 0 Å². The molecule has 0 aliphatic heterocycles. The molecule has 0 N–H and O–H groups in total. The molecule has 0 saturated carbocycles. The van der Waals surface area contributed by atoms with Gasteiger partial charge >= 0.3 is 0 Å². The molecule has 0 saturated heterocycles. The quantitative estimate of drug-likeness (QED) is 0.452. The number of unbranched alkanes of at least 4 members (excludes halogenated alkanes) is 1. The van der Waals surface area contributed by atoms with Gasteiger partial charge in [0.05, 0.1) is 5.75 Å². The van der Waals surface area contributed by atoms with E-state index in [4.69, 9.17) is 11.6 Å². The molecule has 0 aliphatic rings. The molecule has 0 aromatic rings. The predicted molar refractivity (Wildman–Crippen MR) is 74.2 cm³/mol. The van der Waals surface area contributed by atoms with Crippen molar-refractivity contribution in [1.29, 1.82) is 0 Å². The second-order valence-electron chi connectivity index (χ2n) is 4.36. The third-order valence-electron chi connectivity index (χ3n) is 2.54. The molecule has 104 valence electrons. The van der Waals surface area contributed by atoms with Gasteiger partial charge in [0.25, 0.3) is 0 Å². The predicted octanol–water partition coefficient (Wildman–Crippen LogP) is 1.61. The molecule has 0 spiro atoms. The van der Waals surface area contributed by atoms with Crippen molar-refractivity contribution in [1.82, 2.24) is 9.21 Å². The summed E-state index contributed by atoms with van der Waals surface area (Å²) in [4.78, 5) is 2.06. The lowest BCUT2D eigenvalue weighted by molar-refractivity contribution is 0.356. The second kappa shape index (κ2) is 9.14. The third kappa shape index (κ3) is 7.97. The first kappa shape index (κ1) is 17.2. The zero-order valence-electron chi connectivity index (χ0n) is 11.2. The maximum Gasteiger partial charge on any atom is 0.214 e. The van der Waals surface area contributed by atoms with E-state index in [1.807, 2.05) is 21.0 Å². The highest BCUT2D eigenvalue weighted by atomic mass is 35.5. The van der Waals surface area contributed by atoms with E-state index in [1.54, 1.807) is 4.31 Å². The number of halogens is 1. The number of rotatable bonds is 10. The van der Waals surface area contributed by atoms with Gasteiger partial charge in [0.2, 0.25) is 10.0 Å². The minimum atomic E-state index is -3.09. The summed E-state index contributed by atoms with van der Waals surface area (Å²) in [5, 5.41) is 0. The molecule has 0 fully saturated rings. The summed E-state index contributed by atoms with van der Waals surface area (Å²) in [5.74, 6) is 0.748. The summed E-state index contributed by atoms with van der Waals surface area (Å²) in [6, 6.07) is 0. The standard InChI is InChI=1S/C11H25ClN2O2S/c1-4-14(10-7-9-13(2)3)17(15,16)11-6-5-8-12/h4-11H2,1-3H3. The van der Waals surface area contributed by atoms with E-state index in [0.717, 1.165) is 19.4 Å². The van der Waals surface area contributed by atoms with E-state index >= 15 is 0 Å². The van der Waals surface area contributed by atoms with Gasteiger partial charge in [-0.25, -0.2) is 12.7 Å². The number of nitrogens with zero attached hydrogens (tertiary/aromatic N) is 2. The lowest BCUT2D eigenvalue weighted by atomic mass is 10.4. The van der Waals surface area contributed by atoms with Gasteiger partial charge in [-0.05, 0) is 39.9 Å². The highest BCUT2D eigenvalue weighted by Gasteiger charge is 2.19. The van der Waals surface area contributed by atoms with Gasteiger partial charge in [0.1, 0.15) is 0 Å². The topological polar surface area (TPSA) is 40.6 Å². The highest BCUT2D eigenvalue weighted by molar-refractivity contribution is 7.89. The first-order valence-corrected chi connectivity index (χ1v) is 8.27. The molecule has 0 radical (unpaired) electrons. The summed E-state index contributed by atoms with van der Waals surface area (Å²) >= 11 is 5.55. The lowest BCUT2D eigenvalue weighted by Crippen LogP contribution is -2.35. The van der Waals surface area contributed by atoms with Gasteiger partial charge < -0.3 is 4.90 Å². The summed E-state index contributed by atoms with van der Waals surface area (Å²) in [6.45, 7) is 3.96. The first-order valence-electron chi connectivity index (χ1n) is 6.12. The summed E-state index contributed by atoms with van der Waals surface area (Å²) in [7, 11) is 0.896. The maximum atomic E-state index is 12.0. The molecule has 17 heavy (non-hydrogen) atoms. The molecule has 0 amide bonds. The van der Waals surface area contributed by atoms with Crippen molar-refractivity contribution in [2.75, 3.05) is 45.4 Å². The fourth-order valence-electron chi connectivity index (χ4n) is 1.57. The third-order valence-corrected chi connectivity index (χ3v) is 4.84. The van der Waals surface area contributed by atoms with E-state index in [1.165, 1.54) is 0 Å². The Bertz CT molecular complexity index is 281. The van der Waals surface area contributed by atoms with Gasteiger partial charge in [-0.1, -0.05) is 6.92 Å². The van der Waals surface area contributed by atoms with Crippen LogP contribution in [0.15, 0.2) is 0 Å². The van der Waals surface area contributed by atoms with Crippen LogP contribution in [0.1, 0.15) is 26.2 Å². The zero-order chi connectivity index (χ0) is 13.3. The van der Waals surface area contributed by atoms with Crippen LogP contribution in [0.5, 0.6) is 0 Å². The Kier molecular flexibility index (Phi) is 9.22. The smallest absolute Gasteiger partial charge is 0.214 e. The maximum absolute atomic E-state index is 12.0. The molecule has 0 aliphatic carbocycles. The van der Waals surface area contributed by atoms with Crippen molar-refractivity contribution in [2.24, 2.45) is 0 Å². The molecule has 4 nitrogen and oxygen atoms in total. The van der Waals surface area contributed by atoms with Crippen molar-refractivity contribution in [3.8, 4) is 0 Å². The Morgan fingerprint density at radius 3 is 2.18 bits per heavy atom. The van der Waals surface area contributed by atoms with Gasteiger partial charge in [-0.2, -0.15) is 0 Å². The molecule has 0 unspecified atom stereocenters. The monoisotopic (exact) mass is 284 g/mol. The normalized spacial score (nSPS) is 12.6. The Morgan fingerprint density at radius 2 is 1.71 bits per heavy atom. The Labute approximate surface area is 111 Å². The van der Waals surface area contributed by atoms with E-state index in [9.17, 15) is 8.42 Å². The molecule has 0 aromatic heterocycles. The minimum Gasteiger partial charge on any atom is -0.309 e. The lowest BCUT2D eigenvalue weighted by Gasteiger charge is -2.21. The van der Waals surface area contributed by atoms with Crippen molar-refractivity contribution < 1.29 is 8.42 Å². The van der Waals surface area contributed by atoms with Crippen molar-refractivity contribution in [3.63, 3.8) is 0 Å². The first-order chi connectivity index (χ1) is 7.94. The summed E-state index contributed by atoms with van der Waals surface area (Å²) in [6.07, 6.45) is 2.28. The highest BCUT2D eigenvalue weighted by Crippen LogP contribution is 2.06. The van der Waals surface area contributed by atoms with Crippen LogP contribution in [-0.2, 0) is 10.0 Å². The van der Waals surface area contributed by atoms with Gasteiger partial charge in [-0.15, -0.1) is 11.6 Å². The largest absolute Gasteiger partial charge is 0.309 e. The second-order valence-corrected chi connectivity index (χ2v) is 6.83. The van der Waals surface area contributed by atoms with Crippen molar-refractivity contribution in [2.45, 2.75) is 26.2 Å². The fraction of sp³-hybridized carbons (Fsp3) is 1.00. The van der Waals surface area contributed by atoms with Crippen molar-refractivity contribution in [3.05, 3.63) is 0 Å². The average Bonchev–Trinajstić information content (AvgIpc) is 2.24. The van der Waals surface area contributed by atoms with Gasteiger partial charge in [0, 0.05) is 19.0 Å². The van der Waals surface area contributed by atoms with Crippen LogP contribution in [0, 0.1) is 0 Å². The molecule has 6 heteroatoms. The SMILES string of the molecule is CCN(CCCN(C)C)S(=O)(=O)CCCCCl. The molecule has 0 atom stereocenters. The van der Waals surface area contributed by atoms with Gasteiger partial charge in [0.15, 0.2) is 0 Å².